The van der Waals surface area contributed by atoms with Gasteiger partial charge >= 0.3 is 0 Å². The van der Waals surface area contributed by atoms with E-state index in [1.807, 2.05) is 19.1 Å². The summed E-state index contributed by atoms with van der Waals surface area (Å²) in [7, 11) is 0. The Labute approximate surface area is 130 Å². The highest BCUT2D eigenvalue weighted by atomic mass is 35.5. The molecular weight excluding hydrogens is 287 g/mol. The lowest BCUT2D eigenvalue weighted by molar-refractivity contribution is 0.684. The van der Waals surface area contributed by atoms with Crippen LogP contribution >= 0.6 is 23.2 Å². The molecule has 0 saturated carbocycles. The van der Waals surface area contributed by atoms with Gasteiger partial charge in [0.15, 0.2) is 0 Å². The predicted octanol–water partition coefficient (Wildman–Crippen LogP) is 5.86. The fraction of sp³-hybridized carbons (Fsp3) is 0.333. The molecule has 0 nitrogen and oxygen atoms in total. The summed E-state index contributed by atoms with van der Waals surface area (Å²) in [5.41, 5.74) is 6.32. The number of hydrogen-bond donors (Lipinski definition) is 0. The fourth-order valence-corrected chi connectivity index (χ4v) is 3.54. The van der Waals surface area contributed by atoms with Gasteiger partial charge in [0.05, 0.1) is 5.38 Å². The summed E-state index contributed by atoms with van der Waals surface area (Å²) in [6.07, 6.45) is 4.99. The van der Waals surface area contributed by atoms with Gasteiger partial charge in [0.1, 0.15) is 0 Å². The first-order valence-corrected chi connectivity index (χ1v) is 7.99. The largest absolute Gasteiger partial charge is 0.113 e. The van der Waals surface area contributed by atoms with E-state index in [0.29, 0.717) is 0 Å². The van der Waals surface area contributed by atoms with Crippen molar-refractivity contribution in [2.75, 3.05) is 0 Å². The minimum Gasteiger partial charge on any atom is -0.113 e. The molecule has 2 heteroatoms. The molecule has 2 aromatic carbocycles. The van der Waals surface area contributed by atoms with Crippen molar-refractivity contribution < 1.29 is 0 Å². The number of benzene rings is 2. The van der Waals surface area contributed by atoms with Gasteiger partial charge in [-0.1, -0.05) is 41.9 Å². The summed E-state index contributed by atoms with van der Waals surface area (Å²) in [5, 5.41) is 0.659. The molecule has 0 aliphatic heterocycles. The molecule has 0 radical (unpaired) electrons. The van der Waals surface area contributed by atoms with Crippen molar-refractivity contribution in [3.8, 4) is 0 Å². The van der Waals surface area contributed by atoms with E-state index >= 15 is 0 Å². The summed E-state index contributed by atoms with van der Waals surface area (Å²) in [6, 6.07) is 12.7. The second-order valence-electron chi connectivity index (χ2n) is 5.55. The van der Waals surface area contributed by atoms with Gasteiger partial charge in [-0.3, -0.25) is 0 Å². The van der Waals surface area contributed by atoms with Gasteiger partial charge in [-0.15, -0.1) is 11.6 Å². The topological polar surface area (TPSA) is 0 Å². The predicted molar refractivity (Wildman–Crippen MR) is 87.0 cm³/mol. The highest BCUT2D eigenvalue weighted by Crippen LogP contribution is 2.35. The van der Waals surface area contributed by atoms with Crippen molar-refractivity contribution in [1.82, 2.24) is 0 Å². The van der Waals surface area contributed by atoms with E-state index < -0.39 is 0 Å². The van der Waals surface area contributed by atoms with E-state index in [-0.39, 0.29) is 5.38 Å². The van der Waals surface area contributed by atoms with Gasteiger partial charge in [0.25, 0.3) is 0 Å². The Kier molecular flexibility index (Phi) is 4.05. The molecule has 1 atom stereocenters. The summed E-state index contributed by atoms with van der Waals surface area (Å²) in [6.45, 7) is 2.03. The van der Waals surface area contributed by atoms with Crippen LogP contribution in [0, 0.1) is 6.92 Å². The summed E-state index contributed by atoms with van der Waals surface area (Å²) in [5.74, 6) is 0. The van der Waals surface area contributed by atoms with Crippen LogP contribution in [0.3, 0.4) is 0 Å². The van der Waals surface area contributed by atoms with Crippen LogP contribution in [-0.4, -0.2) is 0 Å². The maximum atomic E-state index is 6.69. The SMILES string of the molecule is Cc1c(Cl)cccc1C(Cl)c1ccc2c(c1)CCCC2. The monoisotopic (exact) mass is 304 g/mol. The first-order chi connectivity index (χ1) is 9.66. The third-order valence-electron chi connectivity index (χ3n) is 4.25. The highest BCUT2D eigenvalue weighted by Gasteiger charge is 2.17. The molecule has 1 unspecified atom stereocenters. The zero-order chi connectivity index (χ0) is 14.1. The molecule has 0 fully saturated rings. The third-order valence-corrected chi connectivity index (χ3v) is 5.14. The number of fused-ring (bicyclic) bond motifs is 1. The van der Waals surface area contributed by atoms with Gasteiger partial charge < -0.3 is 0 Å². The van der Waals surface area contributed by atoms with Crippen molar-refractivity contribution in [1.29, 1.82) is 0 Å². The van der Waals surface area contributed by atoms with Gasteiger partial charge in [-0.25, -0.2) is 0 Å². The zero-order valence-electron chi connectivity index (χ0n) is 11.6. The first kappa shape index (κ1) is 14.0. The Balaban J connectivity index is 1.98. The molecular formula is C18H18Cl2. The van der Waals surface area contributed by atoms with Crippen LogP contribution in [0.15, 0.2) is 36.4 Å². The molecule has 0 saturated heterocycles. The normalized spacial score (nSPS) is 15.8. The standard InChI is InChI=1S/C18H18Cl2/c1-12-16(7-4-8-17(12)19)18(20)15-10-9-13-5-2-3-6-14(13)11-15/h4,7-11,18H,2-3,5-6H2,1H3. The Bertz CT molecular complexity index is 631. The van der Waals surface area contributed by atoms with Crippen molar-refractivity contribution in [2.45, 2.75) is 38.0 Å². The van der Waals surface area contributed by atoms with Crippen molar-refractivity contribution in [3.05, 3.63) is 69.2 Å². The Morgan fingerprint density at radius 2 is 1.75 bits per heavy atom. The number of hydrogen-bond acceptors (Lipinski definition) is 0. The maximum Gasteiger partial charge on any atom is 0.0838 e. The molecule has 104 valence electrons. The van der Waals surface area contributed by atoms with Gasteiger partial charge in [0, 0.05) is 5.02 Å². The van der Waals surface area contributed by atoms with Crippen LogP contribution in [-0.2, 0) is 12.8 Å². The number of alkyl halides is 1. The molecule has 0 aromatic heterocycles. The lowest BCUT2D eigenvalue weighted by atomic mass is 9.89. The Morgan fingerprint density at radius 3 is 2.55 bits per heavy atom. The minimum atomic E-state index is -0.124. The molecule has 3 rings (SSSR count). The number of aryl methyl sites for hydroxylation is 2. The minimum absolute atomic E-state index is 0.124. The van der Waals surface area contributed by atoms with Crippen LogP contribution < -0.4 is 0 Å². The maximum absolute atomic E-state index is 6.69. The average molecular weight is 305 g/mol. The molecule has 0 heterocycles. The Morgan fingerprint density at radius 1 is 1.00 bits per heavy atom. The van der Waals surface area contributed by atoms with Crippen LogP contribution in [0.4, 0.5) is 0 Å². The van der Waals surface area contributed by atoms with Crippen molar-refractivity contribution in [3.63, 3.8) is 0 Å². The Hall–Kier alpha value is -0.980. The van der Waals surface area contributed by atoms with Gasteiger partial charge in [0.2, 0.25) is 0 Å². The van der Waals surface area contributed by atoms with Crippen LogP contribution in [0.25, 0.3) is 0 Å². The quantitative estimate of drug-likeness (QED) is 0.610. The molecule has 20 heavy (non-hydrogen) atoms. The number of rotatable bonds is 2. The fourth-order valence-electron chi connectivity index (χ4n) is 2.99. The molecule has 0 spiro atoms. The molecule has 1 aliphatic rings. The van der Waals surface area contributed by atoms with E-state index in [4.69, 9.17) is 23.2 Å². The second kappa shape index (κ2) is 5.79. The molecule has 0 bridgehead atoms. The first-order valence-electron chi connectivity index (χ1n) is 7.17. The zero-order valence-corrected chi connectivity index (χ0v) is 13.1. The van der Waals surface area contributed by atoms with Crippen LogP contribution in [0.5, 0.6) is 0 Å². The van der Waals surface area contributed by atoms with E-state index in [2.05, 4.69) is 24.3 Å². The van der Waals surface area contributed by atoms with E-state index in [0.717, 1.165) is 16.1 Å². The average Bonchev–Trinajstić information content (AvgIpc) is 2.49. The van der Waals surface area contributed by atoms with Gasteiger partial charge in [-0.05, 0) is 66.5 Å². The number of halogens is 2. The summed E-state index contributed by atoms with van der Waals surface area (Å²) in [4.78, 5) is 0. The van der Waals surface area contributed by atoms with Crippen LogP contribution in [0.1, 0.15) is 46.0 Å². The molecule has 0 amide bonds. The molecule has 0 N–H and O–H groups in total. The summed E-state index contributed by atoms with van der Waals surface area (Å²) < 4.78 is 0. The van der Waals surface area contributed by atoms with Gasteiger partial charge in [-0.2, -0.15) is 0 Å². The molecule has 1 aliphatic carbocycles. The smallest absolute Gasteiger partial charge is 0.0838 e. The van der Waals surface area contributed by atoms with Crippen molar-refractivity contribution >= 4 is 23.2 Å². The lowest BCUT2D eigenvalue weighted by Crippen LogP contribution is -2.05. The van der Waals surface area contributed by atoms with E-state index in [9.17, 15) is 0 Å². The molecule has 2 aromatic rings. The van der Waals surface area contributed by atoms with Crippen molar-refractivity contribution in [2.24, 2.45) is 0 Å². The lowest BCUT2D eigenvalue weighted by Gasteiger charge is -2.19. The summed E-state index contributed by atoms with van der Waals surface area (Å²) >= 11 is 12.9. The van der Waals surface area contributed by atoms with E-state index in [1.54, 1.807) is 0 Å². The van der Waals surface area contributed by atoms with Crippen LogP contribution in [0.2, 0.25) is 5.02 Å². The third kappa shape index (κ3) is 2.60. The van der Waals surface area contributed by atoms with E-state index in [1.165, 1.54) is 42.4 Å². The highest BCUT2D eigenvalue weighted by molar-refractivity contribution is 6.31. The second-order valence-corrected chi connectivity index (χ2v) is 6.40.